The number of hydrogen-bond acceptors (Lipinski definition) is 5. The minimum absolute atomic E-state index is 0.135. The normalized spacial score (nSPS) is 16.0. The van der Waals surface area contributed by atoms with Gasteiger partial charge in [0.25, 0.3) is 17.7 Å². The van der Waals surface area contributed by atoms with Crippen LogP contribution in [-0.2, 0) is 9.53 Å². The van der Waals surface area contributed by atoms with Gasteiger partial charge < -0.3 is 15.0 Å². The summed E-state index contributed by atoms with van der Waals surface area (Å²) >= 11 is 3.26. The van der Waals surface area contributed by atoms with Crippen LogP contribution < -0.4 is 5.32 Å². The maximum Gasteiger partial charge on any atom is 0.267 e. The second-order valence-corrected chi connectivity index (χ2v) is 7.58. The minimum Gasteiger partial charge on any atom is -0.383 e. The van der Waals surface area contributed by atoms with E-state index in [1.165, 1.54) is 7.11 Å². The number of carbonyl (C=O) groups is 3. The summed E-state index contributed by atoms with van der Waals surface area (Å²) < 4.78 is 34.8. The number of nitrogens with zero attached hydrogens (tertiary/aromatic N) is 2. The van der Waals surface area contributed by atoms with Crippen LogP contribution >= 0.6 is 15.9 Å². The molecule has 0 spiro atoms. The Morgan fingerprint density at radius 3 is 2.55 bits per heavy atom. The fraction of sp³-hybridized carbons (Fsp3) is 0.250. The molecule has 1 atom stereocenters. The van der Waals surface area contributed by atoms with Crippen LogP contribution in [0.2, 0.25) is 0 Å². The predicted molar refractivity (Wildman–Crippen MR) is 107 cm³/mol. The third kappa shape index (κ3) is 4.73. The van der Waals surface area contributed by atoms with Crippen molar-refractivity contribution in [2.45, 2.75) is 6.17 Å². The van der Waals surface area contributed by atoms with Crippen molar-refractivity contribution in [2.24, 2.45) is 0 Å². The van der Waals surface area contributed by atoms with Crippen LogP contribution in [0.5, 0.6) is 0 Å². The molecule has 1 unspecified atom stereocenters. The van der Waals surface area contributed by atoms with Crippen LogP contribution in [0.15, 0.2) is 40.9 Å². The fourth-order valence-corrected chi connectivity index (χ4v) is 3.58. The van der Waals surface area contributed by atoms with Crippen LogP contribution in [-0.4, -0.2) is 59.7 Å². The lowest BCUT2D eigenvalue weighted by atomic mass is 10.1. The van der Waals surface area contributed by atoms with Crippen LogP contribution in [0.4, 0.5) is 8.78 Å². The summed E-state index contributed by atoms with van der Waals surface area (Å²) in [6.07, 6.45) is -1.27. The standard InChI is InChI=1S/C20H18BrF2N3O5/c1-31-6-5-24-18(28)12-8-14(22)17(15(23)9-12)20(29)25-10-16(27)26(30)19(25)11-3-2-4-13(21)7-11/h2-4,7-9,19,30H,5-6,10H2,1H3,(H,24,28). The van der Waals surface area contributed by atoms with Gasteiger partial charge in [0, 0.05) is 23.7 Å². The molecule has 2 N–H and O–H groups in total. The average molecular weight is 498 g/mol. The largest absolute Gasteiger partial charge is 0.383 e. The van der Waals surface area contributed by atoms with Crippen LogP contribution in [0.25, 0.3) is 0 Å². The van der Waals surface area contributed by atoms with Gasteiger partial charge in [0.1, 0.15) is 23.7 Å². The van der Waals surface area contributed by atoms with E-state index in [1.807, 2.05) is 0 Å². The molecule has 0 aliphatic carbocycles. The van der Waals surface area contributed by atoms with Crippen LogP contribution in [0.1, 0.15) is 32.4 Å². The number of amides is 3. The molecule has 0 aromatic heterocycles. The van der Waals surface area contributed by atoms with E-state index in [2.05, 4.69) is 21.2 Å². The summed E-state index contributed by atoms with van der Waals surface area (Å²) in [5, 5.41) is 12.9. The molecule has 2 aromatic rings. The average Bonchev–Trinajstić information content (AvgIpc) is 3.02. The van der Waals surface area contributed by atoms with Gasteiger partial charge in [0.05, 0.1) is 6.61 Å². The molecule has 0 bridgehead atoms. The van der Waals surface area contributed by atoms with E-state index in [-0.39, 0.29) is 18.7 Å². The first-order valence-corrected chi connectivity index (χ1v) is 9.87. The van der Waals surface area contributed by atoms with Crippen molar-refractivity contribution in [3.63, 3.8) is 0 Å². The smallest absolute Gasteiger partial charge is 0.267 e. The van der Waals surface area contributed by atoms with Gasteiger partial charge >= 0.3 is 0 Å². The molecule has 8 nitrogen and oxygen atoms in total. The van der Waals surface area contributed by atoms with E-state index < -0.39 is 47.6 Å². The highest BCUT2D eigenvalue weighted by Gasteiger charge is 2.43. The third-order valence-electron chi connectivity index (χ3n) is 4.61. The van der Waals surface area contributed by atoms with Gasteiger partial charge in [0.15, 0.2) is 6.17 Å². The summed E-state index contributed by atoms with van der Waals surface area (Å²) in [6.45, 7) is -0.231. The molecule has 164 valence electrons. The molecule has 3 rings (SSSR count). The van der Waals surface area contributed by atoms with E-state index in [0.29, 0.717) is 15.1 Å². The van der Waals surface area contributed by atoms with Gasteiger partial charge in [0.2, 0.25) is 0 Å². The van der Waals surface area contributed by atoms with Crippen LogP contribution in [0.3, 0.4) is 0 Å². The Kier molecular flexibility index (Phi) is 6.98. The molecule has 1 aliphatic rings. The van der Waals surface area contributed by atoms with Crippen molar-refractivity contribution in [1.29, 1.82) is 0 Å². The summed E-state index contributed by atoms with van der Waals surface area (Å²) in [6, 6.07) is 7.91. The quantitative estimate of drug-likeness (QED) is 0.471. The molecule has 2 aromatic carbocycles. The first-order valence-electron chi connectivity index (χ1n) is 9.08. The zero-order chi connectivity index (χ0) is 22.7. The fourth-order valence-electron chi connectivity index (χ4n) is 3.17. The van der Waals surface area contributed by atoms with Gasteiger partial charge in [-0.1, -0.05) is 28.1 Å². The first kappa shape index (κ1) is 22.8. The number of halogens is 3. The molecule has 1 heterocycles. The molecule has 1 fully saturated rings. The molecule has 1 saturated heterocycles. The number of methoxy groups -OCH3 is 1. The topological polar surface area (TPSA) is 99.2 Å². The number of benzene rings is 2. The lowest BCUT2D eigenvalue weighted by Crippen LogP contribution is -2.35. The van der Waals surface area contributed by atoms with Crippen molar-refractivity contribution < 1.29 is 33.1 Å². The van der Waals surface area contributed by atoms with Gasteiger partial charge in [-0.05, 0) is 29.8 Å². The summed E-state index contributed by atoms with van der Waals surface area (Å²) in [5.74, 6) is -5.22. The Balaban J connectivity index is 1.92. The Morgan fingerprint density at radius 2 is 1.94 bits per heavy atom. The maximum absolute atomic E-state index is 14.7. The minimum atomic E-state index is -1.27. The molecule has 11 heteroatoms. The van der Waals surface area contributed by atoms with Gasteiger partial charge in [-0.3, -0.25) is 19.6 Å². The number of hydrogen-bond donors (Lipinski definition) is 2. The summed E-state index contributed by atoms with van der Waals surface area (Å²) in [7, 11) is 1.43. The molecular formula is C20H18BrF2N3O5. The molecule has 3 amide bonds. The van der Waals surface area contributed by atoms with Gasteiger partial charge in [-0.25, -0.2) is 8.78 Å². The highest BCUT2D eigenvalue weighted by Crippen LogP contribution is 2.33. The van der Waals surface area contributed by atoms with Crippen molar-refractivity contribution >= 4 is 33.7 Å². The predicted octanol–water partition coefficient (Wildman–Crippen LogP) is 2.48. The number of nitrogens with one attached hydrogen (secondary N) is 1. The Hall–Kier alpha value is -2.89. The summed E-state index contributed by atoms with van der Waals surface area (Å²) in [5.41, 5.74) is -0.893. The van der Waals surface area contributed by atoms with E-state index in [0.717, 1.165) is 17.0 Å². The van der Waals surface area contributed by atoms with Crippen molar-refractivity contribution in [1.82, 2.24) is 15.3 Å². The Morgan fingerprint density at radius 1 is 1.26 bits per heavy atom. The van der Waals surface area contributed by atoms with Crippen molar-refractivity contribution in [3.8, 4) is 0 Å². The summed E-state index contributed by atoms with van der Waals surface area (Å²) in [4.78, 5) is 37.9. The monoisotopic (exact) mass is 497 g/mol. The molecule has 31 heavy (non-hydrogen) atoms. The molecule has 1 aliphatic heterocycles. The zero-order valence-electron chi connectivity index (χ0n) is 16.3. The van der Waals surface area contributed by atoms with E-state index in [9.17, 15) is 28.4 Å². The lowest BCUT2D eigenvalue weighted by Gasteiger charge is -2.27. The van der Waals surface area contributed by atoms with E-state index >= 15 is 0 Å². The Bertz CT molecular complexity index is 1010. The number of rotatable bonds is 6. The third-order valence-corrected chi connectivity index (χ3v) is 5.10. The maximum atomic E-state index is 14.7. The van der Waals surface area contributed by atoms with Gasteiger partial charge in [-0.2, -0.15) is 5.06 Å². The number of carbonyl (C=O) groups excluding carboxylic acids is 3. The first-order chi connectivity index (χ1) is 14.7. The second kappa shape index (κ2) is 9.50. The Labute approximate surface area is 184 Å². The number of hydroxylamine groups is 2. The highest BCUT2D eigenvalue weighted by atomic mass is 79.9. The number of ether oxygens (including phenoxy) is 1. The van der Waals surface area contributed by atoms with Crippen molar-refractivity contribution in [2.75, 3.05) is 26.8 Å². The van der Waals surface area contributed by atoms with Crippen LogP contribution in [0, 0.1) is 11.6 Å². The molecule has 0 saturated carbocycles. The zero-order valence-corrected chi connectivity index (χ0v) is 17.9. The van der Waals surface area contributed by atoms with Gasteiger partial charge in [-0.15, -0.1) is 0 Å². The van der Waals surface area contributed by atoms with E-state index in [1.54, 1.807) is 24.3 Å². The highest BCUT2D eigenvalue weighted by molar-refractivity contribution is 9.10. The SMILES string of the molecule is COCCNC(=O)c1cc(F)c(C(=O)N2CC(=O)N(O)C2c2cccc(Br)c2)c(F)c1. The lowest BCUT2D eigenvalue weighted by molar-refractivity contribution is -0.168. The van der Waals surface area contributed by atoms with Crippen molar-refractivity contribution in [3.05, 3.63) is 69.2 Å². The van der Waals surface area contributed by atoms with E-state index in [4.69, 9.17) is 4.74 Å². The molecule has 0 radical (unpaired) electrons. The molecular weight excluding hydrogens is 480 g/mol. The second-order valence-electron chi connectivity index (χ2n) is 6.66.